The summed E-state index contributed by atoms with van der Waals surface area (Å²) < 4.78 is 0.330. The average molecular weight is 248 g/mol. The highest BCUT2D eigenvalue weighted by Gasteiger charge is 2.13. The first-order chi connectivity index (χ1) is 6.66. The summed E-state index contributed by atoms with van der Waals surface area (Å²) in [5.74, 6) is 0. The molecule has 0 saturated carbocycles. The van der Waals surface area contributed by atoms with E-state index in [4.69, 9.17) is 11.6 Å². The molecule has 0 radical (unpaired) electrons. The molecule has 0 saturated heterocycles. The van der Waals surface area contributed by atoms with Crippen molar-refractivity contribution in [3.05, 3.63) is 26.7 Å². The quantitative estimate of drug-likeness (QED) is 0.604. The fraction of sp³-hybridized carbons (Fsp3) is 0. The number of nitro groups is 1. The number of nitrogens with zero attached hydrogens (tertiary/aromatic N) is 3. The predicted molar refractivity (Wildman–Crippen MR) is 54.9 cm³/mol. The minimum Gasteiger partial charge on any atom is -0.258 e. The number of hydrogen-bond acceptors (Lipinski definition) is 6. The molecular formula is C6H2ClN3O2S2. The Morgan fingerprint density at radius 1 is 1.36 bits per heavy atom. The van der Waals surface area contributed by atoms with Gasteiger partial charge in [0.1, 0.15) is 0 Å². The third-order valence-electron chi connectivity index (χ3n) is 1.38. The van der Waals surface area contributed by atoms with Gasteiger partial charge in [-0.25, -0.2) is 0 Å². The molecule has 2 rings (SSSR count). The molecule has 0 aliphatic heterocycles. The maximum atomic E-state index is 10.4. The van der Waals surface area contributed by atoms with Crippen molar-refractivity contribution < 1.29 is 4.92 Å². The van der Waals surface area contributed by atoms with Gasteiger partial charge >= 0.3 is 5.00 Å². The highest BCUT2D eigenvalue weighted by atomic mass is 35.5. The second-order valence-corrected chi connectivity index (χ2v) is 4.88. The van der Waals surface area contributed by atoms with Crippen LogP contribution < -0.4 is 0 Å². The van der Waals surface area contributed by atoms with E-state index in [0.29, 0.717) is 14.4 Å². The van der Waals surface area contributed by atoms with Crippen molar-refractivity contribution in [1.29, 1.82) is 0 Å². The Hall–Kier alpha value is -1.05. The van der Waals surface area contributed by atoms with Crippen LogP contribution >= 0.6 is 34.3 Å². The van der Waals surface area contributed by atoms with E-state index >= 15 is 0 Å². The summed E-state index contributed by atoms with van der Waals surface area (Å²) in [6.45, 7) is 0. The van der Waals surface area contributed by atoms with Crippen molar-refractivity contribution in [2.45, 2.75) is 0 Å². The molecule has 14 heavy (non-hydrogen) atoms. The van der Waals surface area contributed by atoms with Crippen molar-refractivity contribution in [2.24, 2.45) is 0 Å². The van der Waals surface area contributed by atoms with Gasteiger partial charge < -0.3 is 0 Å². The second-order valence-electron chi connectivity index (χ2n) is 2.26. The summed E-state index contributed by atoms with van der Waals surface area (Å²) in [4.78, 5) is 10.7. The molecule has 5 nitrogen and oxygen atoms in total. The van der Waals surface area contributed by atoms with Gasteiger partial charge in [-0.05, 0) is 17.7 Å². The van der Waals surface area contributed by atoms with Crippen molar-refractivity contribution in [3.63, 3.8) is 0 Å². The van der Waals surface area contributed by atoms with Gasteiger partial charge in [0.25, 0.3) is 0 Å². The number of halogens is 1. The fourth-order valence-electron chi connectivity index (χ4n) is 0.846. The smallest absolute Gasteiger partial charge is 0.258 e. The van der Waals surface area contributed by atoms with Crippen LogP contribution in [0.1, 0.15) is 0 Å². The molecular weight excluding hydrogens is 246 g/mol. The maximum absolute atomic E-state index is 10.4. The Bertz CT molecular complexity index is 481. The highest BCUT2D eigenvalue weighted by molar-refractivity contribution is 7.24. The minimum atomic E-state index is -0.434. The van der Waals surface area contributed by atoms with E-state index in [9.17, 15) is 10.1 Å². The molecule has 0 aliphatic carbocycles. The average Bonchev–Trinajstić information content (AvgIpc) is 2.70. The summed E-state index contributed by atoms with van der Waals surface area (Å²) in [5.41, 5.74) is 0. The Morgan fingerprint density at radius 3 is 2.64 bits per heavy atom. The van der Waals surface area contributed by atoms with E-state index in [2.05, 4.69) is 10.2 Å². The summed E-state index contributed by atoms with van der Waals surface area (Å²) in [6.07, 6.45) is 0. The van der Waals surface area contributed by atoms with Gasteiger partial charge in [-0.15, -0.1) is 10.2 Å². The molecule has 0 atom stereocenters. The van der Waals surface area contributed by atoms with Gasteiger partial charge in [0.2, 0.25) is 4.47 Å². The van der Waals surface area contributed by atoms with Gasteiger partial charge in [0.15, 0.2) is 5.01 Å². The number of aromatic nitrogens is 2. The molecule has 0 aromatic carbocycles. The normalized spacial score (nSPS) is 10.4. The van der Waals surface area contributed by atoms with Crippen molar-refractivity contribution in [1.82, 2.24) is 10.2 Å². The number of thiophene rings is 1. The molecule has 0 N–H and O–H groups in total. The predicted octanol–water partition coefficient (Wildman–Crippen LogP) is 2.83. The van der Waals surface area contributed by atoms with Gasteiger partial charge in [-0.1, -0.05) is 22.7 Å². The molecule has 0 fully saturated rings. The zero-order valence-corrected chi connectivity index (χ0v) is 8.90. The molecule has 0 aliphatic rings. The largest absolute Gasteiger partial charge is 0.324 e. The van der Waals surface area contributed by atoms with E-state index in [0.717, 1.165) is 11.3 Å². The third-order valence-corrected chi connectivity index (χ3v) is 3.61. The number of rotatable bonds is 2. The van der Waals surface area contributed by atoms with Crippen LogP contribution in [0.2, 0.25) is 4.47 Å². The first-order valence-electron chi connectivity index (χ1n) is 3.40. The molecule has 0 unspecified atom stereocenters. The molecule has 2 aromatic heterocycles. The highest BCUT2D eigenvalue weighted by Crippen LogP contribution is 2.34. The summed E-state index contributed by atoms with van der Waals surface area (Å²) in [5, 5.41) is 18.5. The van der Waals surface area contributed by atoms with Crippen LogP contribution in [0.5, 0.6) is 0 Å². The van der Waals surface area contributed by atoms with E-state index in [1.54, 1.807) is 6.07 Å². The van der Waals surface area contributed by atoms with Crippen LogP contribution in [0, 0.1) is 10.1 Å². The van der Waals surface area contributed by atoms with E-state index < -0.39 is 4.92 Å². The lowest BCUT2D eigenvalue weighted by Gasteiger charge is -1.83. The standard InChI is InChI=1S/C6H2ClN3O2S2/c7-6-9-8-5(14-6)3-1-2-4(13-3)10(11)12/h1-2H. The van der Waals surface area contributed by atoms with E-state index in [1.807, 2.05) is 0 Å². The number of hydrogen-bond donors (Lipinski definition) is 0. The lowest BCUT2D eigenvalue weighted by molar-refractivity contribution is -0.380. The molecule has 0 spiro atoms. The lowest BCUT2D eigenvalue weighted by atomic mass is 10.5. The maximum Gasteiger partial charge on any atom is 0.324 e. The molecule has 72 valence electrons. The lowest BCUT2D eigenvalue weighted by Crippen LogP contribution is -1.80. The molecule has 8 heteroatoms. The molecule has 2 heterocycles. The molecule has 0 bridgehead atoms. The minimum absolute atomic E-state index is 0.0892. The van der Waals surface area contributed by atoms with Gasteiger partial charge in [0, 0.05) is 6.07 Å². The van der Waals surface area contributed by atoms with Gasteiger partial charge in [-0.3, -0.25) is 10.1 Å². The Balaban J connectivity index is 2.38. The zero-order valence-electron chi connectivity index (χ0n) is 6.51. The van der Waals surface area contributed by atoms with Crippen LogP contribution in [0.15, 0.2) is 12.1 Å². The SMILES string of the molecule is O=[N+]([O-])c1ccc(-c2nnc(Cl)s2)s1. The van der Waals surface area contributed by atoms with Crippen LogP contribution in [0.25, 0.3) is 9.88 Å². The summed E-state index contributed by atoms with van der Waals surface area (Å²) >= 11 is 7.85. The topological polar surface area (TPSA) is 68.9 Å². The molecule has 2 aromatic rings. The second kappa shape index (κ2) is 3.60. The van der Waals surface area contributed by atoms with E-state index in [-0.39, 0.29) is 5.00 Å². The van der Waals surface area contributed by atoms with Gasteiger partial charge in [0.05, 0.1) is 9.80 Å². The van der Waals surface area contributed by atoms with Crippen molar-refractivity contribution in [3.8, 4) is 9.88 Å². The summed E-state index contributed by atoms with van der Waals surface area (Å²) in [7, 11) is 0. The van der Waals surface area contributed by atoms with Crippen LogP contribution in [-0.4, -0.2) is 15.1 Å². The third kappa shape index (κ3) is 1.74. The first kappa shape index (κ1) is 9.50. The zero-order chi connectivity index (χ0) is 10.1. The van der Waals surface area contributed by atoms with Crippen LogP contribution in [0.4, 0.5) is 5.00 Å². The Kier molecular flexibility index (Phi) is 2.44. The Labute approximate surface area is 91.1 Å². The first-order valence-corrected chi connectivity index (χ1v) is 5.41. The van der Waals surface area contributed by atoms with Crippen LogP contribution in [0.3, 0.4) is 0 Å². The monoisotopic (exact) mass is 247 g/mol. The molecule has 0 amide bonds. The fourth-order valence-corrected chi connectivity index (χ4v) is 2.54. The van der Waals surface area contributed by atoms with E-state index in [1.165, 1.54) is 17.4 Å². The van der Waals surface area contributed by atoms with Gasteiger partial charge in [-0.2, -0.15) is 0 Å². The van der Waals surface area contributed by atoms with Crippen LogP contribution in [-0.2, 0) is 0 Å². The van der Waals surface area contributed by atoms with Crippen molar-refractivity contribution >= 4 is 39.3 Å². The van der Waals surface area contributed by atoms with Crippen molar-refractivity contribution in [2.75, 3.05) is 0 Å². The Morgan fingerprint density at radius 2 is 2.14 bits per heavy atom. The summed E-state index contributed by atoms with van der Waals surface area (Å²) in [6, 6.07) is 3.08.